The molecule has 0 saturated carbocycles. The zero-order valence-corrected chi connectivity index (χ0v) is 7.95. The first kappa shape index (κ1) is 10.8. The van der Waals surface area contributed by atoms with Crippen molar-refractivity contribution in [2.24, 2.45) is 0 Å². The second kappa shape index (κ2) is 6.47. The lowest BCUT2D eigenvalue weighted by Gasteiger charge is -2.08. The molecular weight excluding hydrogens is 162 g/mol. The molecule has 0 radical (unpaired) electrons. The van der Waals surface area contributed by atoms with E-state index in [2.05, 4.69) is 12.2 Å². The number of hydrogen-bond acceptors (Lipinski definition) is 1. The lowest BCUT2D eigenvalue weighted by Crippen LogP contribution is -2.28. The molecule has 0 rings (SSSR count). The van der Waals surface area contributed by atoms with Gasteiger partial charge in [-0.3, -0.25) is 4.79 Å². The molecule has 0 aromatic rings. The van der Waals surface area contributed by atoms with E-state index in [1.807, 2.05) is 6.92 Å². The smallest absolute Gasteiger partial charge is 0.219 e. The molecule has 1 amide bonds. The molecule has 0 aliphatic rings. The topological polar surface area (TPSA) is 29.1 Å². The minimum absolute atomic E-state index is 0.0757. The molecule has 0 aliphatic heterocycles. The van der Waals surface area contributed by atoms with Crippen molar-refractivity contribution < 1.29 is 4.79 Å². The summed E-state index contributed by atoms with van der Waals surface area (Å²) in [7, 11) is 0. The fourth-order valence-electron chi connectivity index (χ4n) is 0.765. The average molecular weight is 178 g/mol. The van der Waals surface area contributed by atoms with Gasteiger partial charge in [0.25, 0.3) is 0 Å². The lowest BCUT2D eigenvalue weighted by molar-refractivity contribution is -0.120. The largest absolute Gasteiger partial charge is 0.355 e. The Hall–Kier alpha value is -0.240. The van der Waals surface area contributed by atoms with Gasteiger partial charge in [0.15, 0.2) is 0 Å². The summed E-state index contributed by atoms with van der Waals surface area (Å²) in [5, 5.41) is 2.84. The van der Waals surface area contributed by atoms with Crippen molar-refractivity contribution in [3.05, 3.63) is 0 Å². The maximum Gasteiger partial charge on any atom is 0.219 e. The number of alkyl halides is 1. The van der Waals surface area contributed by atoms with Gasteiger partial charge >= 0.3 is 0 Å². The van der Waals surface area contributed by atoms with Gasteiger partial charge < -0.3 is 5.32 Å². The summed E-state index contributed by atoms with van der Waals surface area (Å²) < 4.78 is 0. The Labute approximate surface area is 73.3 Å². The number of amides is 1. The summed E-state index contributed by atoms with van der Waals surface area (Å²) in [5.41, 5.74) is 0. The first-order valence-electron chi connectivity index (χ1n) is 4.11. The van der Waals surface area contributed by atoms with E-state index in [9.17, 15) is 4.79 Å². The maximum absolute atomic E-state index is 10.8. The molecule has 0 spiro atoms. The van der Waals surface area contributed by atoms with Crippen LogP contribution in [0.4, 0.5) is 0 Å². The van der Waals surface area contributed by atoms with Crippen molar-refractivity contribution in [3.63, 3.8) is 0 Å². The van der Waals surface area contributed by atoms with E-state index >= 15 is 0 Å². The zero-order chi connectivity index (χ0) is 8.69. The van der Waals surface area contributed by atoms with E-state index in [0.29, 0.717) is 13.0 Å². The van der Waals surface area contributed by atoms with Crippen LogP contribution in [-0.2, 0) is 4.79 Å². The number of hydrogen-bond donors (Lipinski definition) is 1. The van der Waals surface area contributed by atoms with Gasteiger partial charge in [-0.25, -0.2) is 0 Å². The number of nitrogens with one attached hydrogen (secondary N) is 1. The van der Waals surface area contributed by atoms with Gasteiger partial charge in [-0.05, 0) is 6.42 Å². The van der Waals surface area contributed by atoms with E-state index in [1.165, 1.54) is 0 Å². The van der Waals surface area contributed by atoms with Crippen molar-refractivity contribution in [3.8, 4) is 0 Å². The van der Waals surface area contributed by atoms with Crippen LogP contribution in [0.3, 0.4) is 0 Å². The highest BCUT2D eigenvalue weighted by atomic mass is 35.5. The average Bonchev–Trinajstić information content (AvgIpc) is 2.01. The lowest BCUT2D eigenvalue weighted by atomic mass is 10.2. The molecule has 0 saturated heterocycles. The summed E-state index contributed by atoms with van der Waals surface area (Å²) in [4.78, 5) is 10.8. The van der Waals surface area contributed by atoms with Crippen LogP contribution in [0.15, 0.2) is 0 Å². The molecule has 0 aromatic carbocycles. The van der Waals surface area contributed by atoms with Crippen LogP contribution in [0.2, 0.25) is 0 Å². The van der Waals surface area contributed by atoms with Gasteiger partial charge in [0, 0.05) is 13.0 Å². The third kappa shape index (κ3) is 6.17. The number of carbonyl (C=O) groups excluding carboxylic acids is 1. The molecule has 2 nitrogen and oxygen atoms in total. The highest BCUT2D eigenvalue weighted by molar-refractivity contribution is 6.20. The Balaban J connectivity index is 3.29. The first-order chi connectivity index (χ1) is 5.20. The molecule has 1 atom stereocenters. The molecule has 1 N–H and O–H groups in total. The van der Waals surface area contributed by atoms with Crippen molar-refractivity contribution in [2.75, 3.05) is 6.54 Å². The predicted octanol–water partition coefficient (Wildman–Crippen LogP) is 1.92. The highest BCUT2D eigenvalue weighted by Crippen LogP contribution is 2.02. The molecule has 11 heavy (non-hydrogen) atoms. The van der Waals surface area contributed by atoms with Gasteiger partial charge in [-0.1, -0.05) is 20.3 Å². The van der Waals surface area contributed by atoms with E-state index < -0.39 is 0 Å². The molecular formula is C8H16ClNO. The number of rotatable bonds is 5. The van der Waals surface area contributed by atoms with Crippen LogP contribution in [0.1, 0.15) is 33.1 Å². The Morgan fingerprint density at radius 3 is 2.64 bits per heavy atom. The molecule has 0 fully saturated rings. The van der Waals surface area contributed by atoms with Gasteiger partial charge in [-0.2, -0.15) is 0 Å². The zero-order valence-electron chi connectivity index (χ0n) is 7.19. The third-order valence-electron chi connectivity index (χ3n) is 1.44. The number of halogens is 1. The highest BCUT2D eigenvalue weighted by Gasteiger charge is 2.03. The van der Waals surface area contributed by atoms with Crippen molar-refractivity contribution in [1.29, 1.82) is 0 Å². The first-order valence-corrected chi connectivity index (χ1v) is 4.55. The van der Waals surface area contributed by atoms with Crippen LogP contribution in [0.25, 0.3) is 0 Å². The Bertz CT molecular complexity index is 117. The third-order valence-corrected chi connectivity index (χ3v) is 1.82. The van der Waals surface area contributed by atoms with Crippen molar-refractivity contribution in [1.82, 2.24) is 5.32 Å². The van der Waals surface area contributed by atoms with Crippen LogP contribution >= 0.6 is 11.6 Å². The molecule has 0 heterocycles. The molecule has 66 valence electrons. The second-order valence-corrected chi connectivity index (χ2v) is 3.16. The quantitative estimate of drug-likeness (QED) is 0.639. The summed E-state index contributed by atoms with van der Waals surface area (Å²) in [6, 6.07) is 0. The molecule has 1 unspecified atom stereocenters. The second-order valence-electron chi connectivity index (χ2n) is 2.54. The van der Waals surface area contributed by atoms with Crippen LogP contribution in [0.5, 0.6) is 0 Å². The van der Waals surface area contributed by atoms with Crippen molar-refractivity contribution in [2.45, 2.75) is 38.5 Å². The Kier molecular flexibility index (Phi) is 6.33. The van der Waals surface area contributed by atoms with Gasteiger partial charge in [0.05, 0.1) is 5.38 Å². The minimum atomic E-state index is 0.0757. The van der Waals surface area contributed by atoms with Crippen LogP contribution in [0, 0.1) is 0 Å². The van der Waals surface area contributed by atoms with Crippen LogP contribution < -0.4 is 5.32 Å². The van der Waals surface area contributed by atoms with Gasteiger partial charge in [0.1, 0.15) is 0 Å². The standard InChI is InChI=1S/C8H16ClNO/c1-3-5-7(9)6-10-8(11)4-2/h7H,3-6H2,1-2H3,(H,10,11). The van der Waals surface area contributed by atoms with E-state index in [1.54, 1.807) is 0 Å². The Morgan fingerprint density at radius 2 is 2.18 bits per heavy atom. The maximum atomic E-state index is 10.8. The van der Waals surface area contributed by atoms with E-state index in [0.717, 1.165) is 12.8 Å². The van der Waals surface area contributed by atoms with Crippen LogP contribution in [-0.4, -0.2) is 17.8 Å². The summed E-state index contributed by atoms with van der Waals surface area (Å²) >= 11 is 5.87. The monoisotopic (exact) mass is 177 g/mol. The van der Waals surface area contributed by atoms with E-state index in [-0.39, 0.29) is 11.3 Å². The summed E-state index contributed by atoms with van der Waals surface area (Å²) in [6.07, 6.45) is 2.57. The summed E-state index contributed by atoms with van der Waals surface area (Å²) in [5.74, 6) is 0.0757. The van der Waals surface area contributed by atoms with Crippen molar-refractivity contribution >= 4 is 17.5 Å². The fraction of sp³-hybridized carbons (Fsp3) is 0.875. The SMILES string of the molecule is CCCC(Cl)CNC(=O)CC. The normalized spacial score (nSPS) is 12.6. The predicted molar refractivity (Wildman–Crippen MR) is 47.8 cm³/mol. The molecule has 0 aliphatic carbocycles. The van der Waals surface area contributed by atoms with Gasteiger partial charge in [0.2, 0.25) is 5.91 Å². The molecule has 0 aromatic heterocycles. The number of carbonyl (C=O) groups is 1. The van der Waals surface area contributed by atoms with E-state index in [4.69, 9.17) is 11.6 Å². The summed E-state index contributed by atoms with van der Waals surface area (Å²) in [6.45, 7) is 4.51. The minimum Gasteiger partial charge on any atom is -0.355 e. The Morgan fingerprint density at radius 1 is 1.55 bits per heavy atom. The fourth-order valence-corrected chi connectivity index (χ4v) is 1.06. The molecule has 3 heteroatoms. The van der Waals surface area contributed by atoms with Gasteiger partial charge in [-0.15, -0.1) is 11.6 Å². The molecule has 0 bridgehead atoms.